The number of para-hydroxylation sites is 1. The maximum absolute atomic E-state index is 11.7. The standard InChI is InChI=1S/C15H23BN2O3/c1-6-17-13(19)18-12-10-8-7-9-11(12)16-20-14(2,3)15(4,5)21-16/h7-10H,6H2,1-5H3,(H2,17,18,19). The van der Waals surface area contributed by atoms with Crippen LogP contribution in [0.4, 0.5) is 10.5 Å². The molecule has 6 heteroatoms. The van der Waals surface area contributed by atoms with Crippen LogP contribution in [0.3, 0.4) is 0 Å². The van der Waals surface area contributed by atoms with Crippen molar-refractivity contribution in [3.8, 4) is 0 Å². The number of rotatable bonds is 3. The number of carbonyl (C=O) groups is 1. The molecule has 0 saturated carbocycles. The summed E-state index contributed by atoms with van der Waals surface area (Å²) in [6, 6.07) is 7.29. The van der Waals surface area contributed by atoms with Crippen molar-refractivity contribution in [2.45, 2.75) is 45.8 Å². The molecule has 1 aromatic rings. The number of hydrogen-bond donors (Lipinski definition) is 2. The second kappa shape index (κ2) is 5.69. The first kappa shape index (κ1) is 15.9. The Morgan fingerprint density at radius 2 is 1.71 bits per heavy atom. The first-order valence-electron chi connectivity index (χ1n) is 7.26. The molecule has 2 rings (SSSR count). The lowest BCUT2D eigenvalue weighted by molar-refractivity contribution is 0.00578. The smallest absolute Gasteiger partial charge is 0.399 e. The Bertz CT molecular complexity index is 515. The number of nitrogens with one attached hydrogen (secondary N) is 2. The van der Waals surface area contributed by atoms with Crippen molar-refractivity contribution in [1.29, 1.82) is 0 Å². The Kier molecular flexibility index (Phi) is 4.30. The van der Waals surface area contributed by atoms with Gasteiger partial charge in [0.1, 0.15) is 0 Å². The Balaban J connectivity index is 2.24. The molecule has 1 saturated heterocycles. The van der Waals surface area contributed by atoms with Crippen LogP contribution >= 0.6 is 0 Å². The molecule has 1 fully saturated rings. The van der Waals surface area contributed by atoms with Gasteiger partial charge in [-0.25, -0.2) is 4.79 Å². The molecular formula is C15H23BN2O3. The maximum atomic E-state index is 11.7. The lowest BCUT2D eigenvalue weighted by atomic mass is 9.78. The minimum atomic E-state index is -0.492. The van der Waals surface area contributed by atoms with E-state index in [4.69, 9.17) is 9.31 Å². The highest BCUT2D eigenvalue weighted by Crippen LogP contribution is 2.36. The SMILES string of the molecule is CCNC(=O)Nc1ccccc1B1OC(C)(C)C(C)(C)O1. The Morgan fingerprint density at radius 3 is 2.29 bits per heavy atom. The van der Waals surface area contributed by atoms with Gasteiger partial charge in [0.05, 0.1) is 11.2 Å². The topological polar surface area (TPSA) is 59.6 Å². The summed E-state index contributed by atoms with van der Waals surface area (Å²) >= 11 is 0. The number of carbonyl (C=O) groups excluding carboxylic acids is 1. The van der Waals surface area contributed by atoms with Crippen molar-refractivity contribution in [2.75, 3.05) is 11.9 Å². The van der Waals surface area contributed by atoms with Gasteiger partial charge in [0.25, 0.3) is 0 Å². The summed E-state index contributed by atoms with van der Waals surface area (Å²) in [5.74, 6) is 0. The molecule has 1 heterocycles. The molecule has 0 aromatic heterocycles. The summed E-state index contributed by atoms with van der Waals surface area (Å²) in [5, 5.41) is 5.55. The van der Waals surface area contributed by atoms with E-state index in [9.17, 15) is 4.79 Å². The zero-order chi connectivity index (χ0) is 15.7. The summed E-state index contributed by atoms with van der Waals surface area (Å²) in [5.41, 5.74) is 0.705. The summed E-state index contributed by atoms with van der Waals surface area (Å²) in [6.07, 6.45) is 0. The van der Waals surface area contributed by atoms with Crippen molar-refractivity contribution < 1.29 is 14.1 Å². The molecule has 2 amide bonds. The van der Waals surface area contributed by atoms with Crippen LogP contribution < -0.4 is 16.1 Å². The van der Waals surface area contributed by atoms with Gasteiger partial charge in [-0.3, -0.25) is 0 Å². The van der Waals surface area contributed by atoms with E-state index in [1.165, 1.54) is 0 Å². The van der Waals surface area contributed by atoms with Gasteiger partial charge in [-0.05, 0) is 40.7 Å². The highest BCUT2D eigenvalue weighted by atomic mass is 16.7. The molecule has 0 spiro atoms. The van der Waals surface area contributed by atoms with Crippen LogP contribution in [-0.2, 0) is 9.31 Å². The molecule has 0 bridgehead atoms. The molecule has 2 N–H and O–H groups in total. The molecule has 0 atom stereocenters. The average molecular weight is 290 g/mol. The fourth-order valence-electron chi connectivity index (χ4n) is 2.11. The predicted octanol–water partition coefficient (Wildman–Crippen LogP) is 2.13. The fourth-order valence-corrected chi connectivity index (χ4v) is 2.11. The second-order valence-corrected chi connectivity index (χ2v) is 6.16. The van der Waals surface area contributed by atoms with Crippen LogP contribution in [0.15, 0.2) is 24.3 Å². The lowest BCUT2D eigenvalue weighted by Crippen LogP contribution is -2.41. The van der Waals surface area contributed by atoms with E-state index < -0.39 is 18.3 Å². The Hall–Kier alpha value is -1.53. The zero-order valence-corrected chi connectivity index (χ0v) is 13.3. The van der Waals surface area contributed by atoms with E-state index in [0.29, 0.717) is 12.2 Å². The third kappa shape index (κ3) is 3.22. The summed E-state index contributed by atoms with van der Waals surface area (Å²) < 4.78 is 12.1. The Labute approximate surface area is 126 Å². The zero-order valence-electron chi connectivity index (χ0n) is 13.3. The van der Waals surface area contributed by atoms with Gasteiger partial charge in [-0.15, -0.1) is 0 Å². The van der Waals surface area contributed by atoms with Crippen molar-refractivity contribution in [1.82, 2.24) is 5.32 Å². The van der Waals surface area contributed by atoms with Crippen LogP contribution in [-0.4, -0.2) is 30.9 Å². The van der Waals surface area contributed by atoms with Crippen LogP contribution in [0.1, 0.15) is 34.6 Å². The van der Waals surface area contributed by atoms with Crippen LogP contribution in [0.2, 0.25) is 0 Å². The highest BCUT2D eigenvalue weighted by Gasteiger charge is 2.52. The molecule has 5 nitrogen and oxygen atoms in total. The van der Waals surface area contributed by atoms with Crippen molar-refractivity contribution >= 4 is 24.3 Å². The van der Waals surface area contributed by atoms with Crippen molar-refractivity contribution in [3.63, 3.8) is 0 Å². The van der Waals surface area contributed by atoms with Gasteiger partial charge < -0.3 is 19.9 Å². The molecule has 0 unspecified atom stereocenters. The van der Waals surface area contributed by atoms with Gasteiger partial charge in [-0.1, -0.05) is 18.2 Å². The Morgan fingerprint density at radius 1 is 1.14 bits per heavy atom. The number of amides is 2. The molecule has 0 aliphatic carbocycles. The number of hydrogen-bond acceptors (Lipinski definition) is 3. The van der Waals surface area contributed by atoms with Crippen LogP contribution in [0, 0.1) is 0 Å². The monoisotopic (exact) mass is 290 g/mol. The van der Waals surface area contributed by atoms with Gasteiger partial charge >= 0.3 is 13.1 Å². The van der Waals surface area contributed by atoms with E-state index in [2.05, 4.69) is 10.6 Å². The van der Waals surface area contributed by atoms with Crippen molar-refractivity contribution in [2.24, 2.45) is 0 Å². The lowest BCUT2D eigenvalue weighted by Gasteiger charge is -2.32. The van der Waals surface area contributed by atoms with Gasteiger partial charge in [0.2, 0.25) is 0 Å². The highest BCUT2D eigenvalue weighted by molar-refractivity contribution is 6.64. The average Bonchev–Trinajstić information content (AvgIpc) is 2.59. The van der Waals surface area contributed by atoms with Gasteiger partial charge in [-0.2, -0.15) is 0 Å². The van der Waals surface area contributed by atoms with Gasteiger partial charge in [0, 0.05) is 17.7 Å². The first-order chi connectivity index (χ1) is 9.77. The minimum Gasteiger partial charge on any atom is -0.399 e. The summed E-state index contributed by atoms with van der Waals surface area (Å²) in [4.78, 5) is 11.7. The maximum Gasteiger partial charge on any atom is 0.496 e. The largest absolute Gasteiger partial charge is 0.496 e. The summed E-state index contributed by atoms with van der Waals surface area (Å²) in [7, 11) is -0.492. The quantitative estimate of drug-likeness (QED) is 0.838. The molecule has 0 radical (unpaired) electrons. The van der Waals surface area contributed by atoms with Gasteiger partial charge in [0.15, 0.2) is 0 Å². The van der Waals surface area contributed by atoms with Crippen LogP contribution in [0.25, 0.3) is 0 Å². The third-order valence-electron chi connectivity index (χ3n) is 4.05. The first-order valence-corrected chi connectivity index (χ1v) is 7.26. The number of benzene rings is 1. The van der Waals surface area contributed by atoms with E-state index >= 15 is 0 Å². The number of urea groups is 1. The molecule has 1 aliphatic heterocycles. The van der Waals surface area contributed by atoms with E-state index in [1.807, 2.05) is 58.9 Å². The van der Waals surface area contributed by atoms with E-state index in [1.54, 1.807) is 0 Å². The molecule has 114 valence electrons. The number of anilines is 1. The molecular weight excluding hydrogens is 267 g/mol. The van der Waals surface area contributed by atoms with E-state index in [-0.39, 0.29) is 6.03 Å². The third-order valence-corrected chi connectivity index (χ3v) is 4.05. The molecule has 1 aliphatic rings. The van der Waals surface area contributed by atoms with Crippen LogP contribution in [0.5, 0.6) is 0 Å². The minimum absolute atomic E-state index is 0.235. The second-order valence-electron chi connectivity index (χ2n) is 6.16. The van der Waals surface area contributed by atoms with Crippen molar-refractivity contribution in [3.05, 3.63) is 24.3 Å². The summed E-state index contributed by atoms with van der Waals surface area (Å²) in [6.45, 7) is 10.5. The molecule has 1 aromatic carbocycles. The predicted molar refractivity (Wildman–Crippen MR) is 84.9 cm³/mol. The molecule has 21 heavy (non-hydrogen) atoms. The van der Waals surface area contributed by atoms with E-state index in [0.717, 1.165) is 5.46 Å². The normalized spacial score (nSPS) is 19.4. The fraction of sp³-hybridized carbons (Fsp3) is 0.533.